The van der Waals surface area contributed by atoms with Crippen molar-refractivity contribution in [1.29, 1.82) is 0 Å². The van der Waals surface area contributed by atoms with E-state index in [-0.39, 0.29) is 6.04 Å². The molecular formula is C12H13ClN2O3. The second-order valence-electron chi connectivity index (χ2n) is 3.86. The number of carbonyl (C=O) groups is 2. The first-order chi connectivity index (χ1) is 8.61. The fraction of sp³-hybridized carbons (Fsp3) is 0.333. The number of carbonyl (C=O) groups excluding carboxylic acids is 2. The van der Waals surface area contributed by atoms with Crippen LogP contribution in [0.15, 0.2) is 18.2 Å². The molecule has 1 fully saturated rings. The van der Waals surface area contributed by atoms with Gasteiger partial charge in [-0.3, -0.25) is 9.59 Å². The highest BCUT2D eigenvalue weighted by Gasteiger charge is 2.26. The molecule has 1 aromatic carbocycles. The molecule has 0 aliphatic carbocycles. The number of halogens is 1. The van der Waals surface area contributed by atoms with Crippen molar-refractivity contribution >= 4 is 23.4 Å². The Kier molecular flexibility index (Phi) is 3.72. The second-order valence-corrected chi connectivity index (χ2v) is 4.27. The molecule has 1 aromatic rings. The predicted octanol–water partition coefficient (Wildman–Crippen LogP) is 1.03. The highest BCUT2D eigenvalue weighted by atomic mass is 35.5. The number of benzene rings is 1. The number of rotatable bonds is 3. The van der Waals surface area contributed by atoms with Crippen LogP contribution in [0.5, 0.6) is 5.75 Å². The van der Waals surface area contributed by atoms with Crippen LogP contribution < -0.4 is 15.4 Å². The lowest BCUT2D eigenvalue weighted by molar-refractivity contribution is -0.141. The van der Waals surface area contributed by atoms with Crippen molar-refractivity contribution in [2.75, 3.05) is 13.2 Å². The Bertz CT molecular complexity index is 490. The molecule has 18 heavy (non-hydrogen) atoms. The number of nitrogens with one attached hydrogen (secondary N) is 2. The van der Waals surface area contributed by atoms with Crippen molar-refractivity contribution in [2.45, 2.75) is 13.0 Å². The zero-order valence-electron chi connectivity index (χ0n) is 9.83. The molecule has 0 saturated carbocycles. The van der Waals surface area contributed by atoms with Crippen molar-refractivity contribution in [3.05, 3.63) is 28.8 Å². The number of piperazine rings is 1. The first-order valence-electron chi connectivity index (χ1n) is 5.62. The van der Waals surface area contributed by atoms with Gasteiger partial charge in [-0.1, -0.05) is 17.7 Å². The maximum Gasteiger partial charge on any atom is 0.309 e. The Balaban J connectivity index is 2.17. The molecule has 1 heterocycles. The summed E-state index contributed by atoms with van der Waals surface area (Å²) in [6, 6.07) is 5.04. The highest BCUT2D eigenvalue weighted by Crippen LogP contribution is 2.28. The molecule has 2 amide bonds. The van der Waals surface area contributed by atoms with Gasteiger partial charge in [0.05, 0.1) is 17.7 Å². The Morgan fingerprint density at radius 1 is 1.39 bits per heavy atom. The number of amides is 2. The summed E-state index contributed by atoms with van der Waals surface area (Å²) >= 11 is 6.07. The van der Waals surface area contributed by atoms with Crippen LogP contribution in [0.1, 0.15) is 18.5 Å². The summed E-state index contributed by atoms with van der Waals surface area (Å²) in [7, 11) is 0. The van der Waals surface area contributed by atoms with Crippen molar-refractivity contribution in [2.24, 2.45) is 0 Å². The Hall–Kier alpha value is -1.75. The predicted molar refractivity (Wildman–Crippen MR) is 66.5 cm³/mol. The molecule has 96 valence electrons. The third kappa shape index (κ3) is 2.56. The van der Waals surface area contributed by atoms with E-state index in [1.165, 1.54) is 0 Å². The van der Waals surface area contributed by atoms with Gasteiger partial charge in [0, 0.05) is 6.54 Å². The highest BCUT2D eigenvalue weighted by molar-refractivity contribution is 6.35. The van der Waals surface area contributed by atoms with Crippen molar-refractivity contribution in [3.63, 3.8) is 0 Å². The molecule has 2 rings (SSSR count). The van der Waals surface area contributed by atoms with E-state index >= 15 is 0 Å². The van der Waals surface area contributed by atoms with Crippen molar-refractivity contribution in [3.8, 4) is 5.75 Å². The van der Waals surface area contributed by atoms with Gasteiger partial charge in [0.15, 0.2) is 0 Å². The summed E-state index contributed by atoms with van der Waals surface area (Å²) in [6.07, 6.45) is 0. The zero-order chi connectivity index (χ0) is 13.1. The van der Waals surface area contributed by atoms with E-state index in [1.807, 2.05) is 13.0 Å². The Morgan fingerprint density at radius 2 is 2.17 bits per heavy atom. The smallest absolute Gasteiger partial charge is 0.309 e. The lowest BCUT2D eigenvalue weighted by atomic mass is 10.1. The second kappa shape index (κ2) is 5.27. The van der Waals surface area contributed by atoms with Gasteiger partial charge in [0.2, 0.25) is 0 Å². The van der Waals surface area contributed by atoms with Gasteiger partial charge in [-0.15, -0.1) is 0 Å². The van der Waals surface area contributed by atoms with Crippen LogP contribution in [0.3, 0.4) is 0 Å². The average Bonchev–Trinajstić information content (AvgIpc) is 2.35. The van der Waals surface area contributed by atoms with E-state index in [0.29, 0.717) is 23.9 Å². The molecule has 1 atom stereocenters. The fourth-order valence-electron chi connectivity index (χ4n) is 1.76. The first kappa shape index (κ1) is 12.7. The van der Waals surface area contributed by atoms with Crippen LogP contribution in [-0.2, 0) is 9.59 Å². The maximum absolute atomic E-state index is 11.3. The monoisotopic (exact) mass is 268 g/mol. The van der Waals surface area contributed by atoms with Gasteiger partial charge in [-0.2, -0.15) is 0 Å². The van der Waals surface area contributed by atoms with Gasteiger partial charge < -0.3 is 15.4 Å². The summed E-state index contributed by atoms with van der Waals surface area (Å²) in [5, 5.41) is 5.61. The third-order valence-electron chi connectivity index (χ3n) is 2.64. The van der Waals surface area contributed by atoms with Gasteiger partial charge in [-0.25, -0.2) is 0 Å². The largest absolute Gasteiger partial charge is 0.492 e. The summed E-state index contributed by atoms with van der Waals surface area (Å²) in [6.45, 7) is 2.77. The minimum Gasteiger partial charge on any atom is -0.492 e. The molecule has 0 bridgehead atoms. The average molecular weight is 269 g/mol. The van der Waals surface area contributed by atoms with E-state index in [1.54, 1.807) is 12.1 Å². The van der Waals surface area contributed by atoms with Crippen LogP contribution in [0.2, 0.25) is 5.02 Å². The molecule has 1 aliphatic rings. The van der Waals surface area contributed by atoms with Crippen molar-refractivity contribution in [1.82, 2.24) is 10.6 Å². The number of ether oxygens (including phenoxy) is 1. The zero-order valence-corrected chi connectivity index (χ0v) is 10.6. The topological polar surface area (TPSA) is 67.4 Å². The van der Waals surface area contributed by atoms with Crippen LogP contribution in [0.4, 0.5) is 0 Å². The molecule has 1 saturated heterocycles. The SMILES string of the molecule is CCOc1ccc(C2CNC(=O)C(=O)N2)cc1Cl. The molecule has 6 heteroatoms. The van der Waals surface area contributed by atoms with Crippen LogP contribution in [-0.4, -0.2) is 25.0 Å². The quantitative estimate of drug-likeness (QED) is 0.805. The van der Waals surface area contributed by atoms with Crippen LogP contribution in [0.25, 0.3) is 0 Å². The minimum absolute atomic E-state index is 0.261. The molecular weight excluding hydrogens is 256 g/mol. The van der Waals surface area contributed by atoms with E-state index < -0.39 is 11.8 Å². The van der Waals surface area contributed by atoms with Gasteiger partial charge >= 0.3 is 11.8 Å². The minimum atomic E-state index is -0.628. The fourth-order valence-corrected chi connectivity index (χ4v) is 2.00. The van der Waals surface area contributed by atoms with E-state index in [4.69, 9.17) is 16.3 Å². The molecule has 0 radical (unpaired) electrons. The van der Waals surface area contributed by atoms with E-state index in [9.17, 15) is 9.59 Å². The van der Waals surface area contributed by atoms with E-state index in [0.717, 1.165) is 5.56 Å². The maximum atomic E-state index is 11.3. The molecule has 1 unspecified atom stereocenters. The summed E-state index contributed by atoms with van der Waals surface area (Å²) < 4.78 is 5.33. The molecule has 0 spiro atoms. The first-order valence-corrected chi connectivity index (χ1v) is 6.00. The van der Waals surface area contributed by atoms with Crippen LogP contribution >= 0.6 is 11.6 Å². The molecule has 5 nitrogen and oxygen atoms in total. The van der Waals surface area contributed by atoms with Crippen molar-refractivity contribution < 1.29 is 14.3 Å². The van der Waals surface area contributed by atoms with E-state index in [2.05, 4.69) is 10.6 Å². The molecule has 1 aliphatic heterocycles. The summed E-state index contributed by atoms with van der Waals surface area (Å²) in [5.74, 6) is -0.631. The molecule has 2 N–H and O–H groups in total. The Labute approximate surface area is 109 Å². The van der Waals surface area contributed by atoms with Gasteiger partial charge in [-0.05, 0) is 24.6 Å². The normalized spacial score (nSPS) is 19.1. The third-order valence-corrected chi connectivity index (χ3v) is 2.93. The summed E-state index contributed by atoms with van der Waals surface area (Å²) in [4.78, 5) is 22.3. The van der Waals surface area contributed by atoms with Gasteiger partial charge in [0.25, 0.3) is 0 Å². The Morgan fingerprint density at radius 3 is 2.78 bits per heavy atom. The molecule has 0 aromatic heterocycles. The van der Waals surface area contributed by atoms with Gasteiger partial charge in [0.1, 0.15) is 5.75 Å². The number of hydrogen-bond acceptors (Lipinski definition) is 3. The standard InChI is InChI=1S/C12H13ClN2O3/c1-2-18-10-4-3-7(5-8(10)13)9-6-14-11(16)12(17)15-9/h3-5,9H,2,6H2,1H3,(H,14,16)(H,15,17). The van der Waals surface area contributed by atoms with Crippen LogP contribution in [0, 0.1) is 0 Å². The lowest BCUT2D eigenvalue weighted by Gasteiger charge is -2.24. The summed E-state index contributed by atoms with van der Waals surface area (Å²) in [5.41, 5.74) is 0.830. The lowest BCUT2D eigenvalue weighted by Crippen LogP contribution is -2.51. The number of hydrogen-bond donors (Lipinski definition) is 2.